The van der Waals surface area contributed by atoms with Crippen molar-refractivity contribution in [3.8, 4) is 0 Å². The topological polar surface area (TPSA) is 64.1 Å². The highest BCUT2D eigenvalue weighted by Crippen LogP contribution is 2.49. The van der Waals surface area contributed by atoms with Crippen molar-refractivity contribution in [3.05, 3.63) is 46.7 Å². The van der Waals surface area contributed by atoms with E-state index in [1.807, 2.05) is 6.92 Å². The van der Waals surface area contributed by atoms with Crippen LogP contribution in [0.15, 0.2) is 30.5 Å². The van der Waals surface area contributed by atoms with Gasteiger partial charge in [0.1, 0.15) is 10.7 Å². The number of nitrogens with one attached hydrogen (secondary N) is 1. The Labute approximate surface area is 154 Å². The van der Waals surface area contributed by atoms with Crippen LogP contribution >= 0.6 is 19.0 Å². The molecule has 1 atom stereocenters. The van der Waals surface area contributed by atoms with E-state index in [9.17, 15) is 17.7 Å². The second kappa shape index (κ2) is 8.37. The lowest BCUT2D eigenvalue weighted by Crippen LogP contribution is -2.09. The second-order valence-corrected chi connectivity index (χ2v) is 8.62. The summed E-state index contributed by atoms with van der Waals surface area (Å²) in [6, 6.07) is 6.90. The first kappa shape index (κ1) is 20.7. The lowest BCUT2D eigenvalue weighted by Gasteiger charge is -2.16. The lowest BCUT2D eigenvalue weighted by molar-refractivity contribution is -0.137. The Balaban J connectivity index is 2.10. The van der Waals surface area contributed by atoms with Gasteiger partial charge < -0.3 is 9.84 Å². The zero-order chi connectivity index (χ0) is 19.4. The van der Waals surface area contributed by atoms with Gasteiger partial charge in [0.2, 0.25) is 13.3 Å². The molecule has 0 amide bonds. The second-order valence-electron chi connectivity index (χ2n) is 5.42. The number of nitrogens with zero attached hydrogens (tertiary/aromatic N) is 2. The Morgan fingerprint density at radius 2 is 1.88 bits per heavy atom. The van der Waals surface area contributed by atoms with Crippen molar-refractivity contribution in [2.24, 2.45) is 0 Å². The van der Waals surface area contributed by atoms with E-state index >= 15 is 0 Å². The molecular formula is C16H18ClF3N3O2P. The number of benzene rings is 1. The summed E-state index contributed by atoms with van der Waals surface area (Å²) in [5, 5.41) is 2.10. The summed E-state index contributed by atoms with van der Waals surface area (Å²) in [7, 11) is -2.70. The van der Waals surface area contributed by atoms with Gasteiger partial charge in [0, 0.05) is 24.2 Å². The Hall–Kier alpha value is -1.63. The van der Waals surface area contributed by atoms with Crippen LogP contribution < -0.4 is 5.32 Å². The van der Waals surface area contributed by atoms with Gasteiger partial charge in [0.15, 0.2) is 0 Å². The predicted molar refractivity (Wildman–Crippen MR) is 95.2 cm³/mol. The molecule has 0 bridgehead atoms. The van der Waals surface area contributed by atoms with Crippen LogP contribution in [0.2, 0.25) is 5.15 Å². The van der Waals surface area contributed by atoms with E-state index in [2.05, 4.69) is 15.3 Å². The van der Waals surface area contributed by atoms with Gasteiger partial charge in [-0.25, -0.2) is 9.97 Å². The normalized spacial score (nSPS) is 14.1. The molecule has 0 aliphatic heterocycles. The maximum atomic E-state index is 12.7. The highest BCUT2D eigenvalue weighted by atomic mass is 35.5. The minimum absolute atomic E-state index is 0.0516. The summed E-state index contributed by atoms with van der Waals surface area (Å²) in [5.41, 5.74) is 0.305. The Kier molecular flexibility index (Phi) is 6.66. The molecule has 0 spiro atoms. The molecule has 2 aromatic rings. The van der Waals surface area contributed by atoms with Crippen molar-refractivity contribution in [1.82, 2.24) is 9.97 Å². The monoisotopic (exact) mass is 407 g/mol. The molecule has 1 heterocycles. The van der Waals surface area contributed by atoms with E-state index in [-0.39, 0.29) is 5.95 Å². The lowest BCUT2D eigenvalue weighted by atomic mass is 10.2. The number of hydrogen-bond donors (Lipinski definition) is 1. The van der Waals surface area contributed by atoms with Crippen LogP contribution in [-0.2, 0) is 21.4 Å². The number of rotatable bonds is 7. The van der Waals surface area contributed by atoms with E-state index in [1.54, 1.807) is 31.2 Å². The summed E-state index contributed by atoms with van der Waals surface area (Å²) in [6.07, 6.45) is -3.21. The fourth-order valence-corrected chi connectivity index (χ4v) is 4.17. The maximum absolute atomic E-state index is 12.7. The molecule has 1 N–H and O–H groups in total. The first-order valence-corrected chi connectivity index (χ1v) is 10.2. The van der Waals surface area contributed by atoms with Crippen LogP contribution in [0.3, 0.4) is 0 Å². The van der Waals surface area contributed by atoms with Crippen LogP contribution in [0.5, 0.6) is 0 Å². The Morgan fingerprint density at radius 1 is 1.23 bits per heavy atom. The summed E-state index contributed by atoms with van der Waals surface area (Å²) in [6.45, 7) is 4.00. The van der Waals surface area contributed by atoms with Gasteiger partial charge in [0.25, 0.3) is 0 Å². The van der Waals surface area contributed by atoms with Crippen LogP contribution in [0, 0.1) is 0 Å². The fraction of sp³-hybridized carbons (Fsp3) is 0.375. The summed E-state index contributed by atoms with van der Waals surface area (Å²) in [5.74, 6) is -0.0516. The average Bonchev–Trinajstić information content (AvgIpc) is 2.56. The molecule has 1 unspecified atom stereocenters. The number of hydrogen-bond acceptors (Lipinski definition) is 5. The number of aromatic nitrogens is 2. The summed E-state index contributed by atoms with van der Waals surface area (Å²) in [4.78, 5) is 7.24. The van der Waals surface area contributed by atoms with Gasteiger partial charge in [-0.2, -0.15) is 13.2 Å². The van der Waals surface area contributed by atoms with Crippen molar-refractivity contribution >= 4 is 30.6 Å². The van der Waals surface area contributed by atoms with Crippen LogP contribution in [0.4, 0.5) is 24.8 Å². The Bertz CT molecular complexity index is 800. The SMILES string of the molecule is CCOP(=O)(CC)Cc1ccc(Nc2ncc(C(F)(F)F)c(Cl)n2)cc1. The van der Waals surface area contributed by atoms with E-state index < -0.39 is 24.3 Å². The highest BCUT2D eigenvalue weighted by molar-refractivity contribution is 7.58. The molecule has 26 heavy (non-hydrogen) atoms. The minimum atomic E-state index is -4.61. The van der Waals surface area contributed by atoms with Gasteiger partial charge >= 0.3 is 6.18 Å². The Morgan fingerprint density at radius 3 is 2.38 bits per heavy atom. The maximum Gasteiger partial charge on any atom is 0.420 e. The van der Waals surface area contributed by atoms with Crippen molar-refractivity contribution < 1.29 is 22.3 Å². The third-order valence-corrected chi connectivity index (χ3v) is 6.35. The largest absolute Gasteiger partial charge is 0.420 e. The smallest absolute Gasteiger partial charge is 0.329 e. The zero-order valence-corrected chi connectivity index (χ0v) is 15.8. The summed E-state index contributed by atoms with van der Waals surface area (Å²) >= 11 is 5.57. The third-order valence-electron chi connectivity index (χ3n) is 3.53. The molecule has 1 aromatic carbocycles. The van der Waals surface area contributed by atoms with Gasteiger partial charge in [-0.05, 0) is 24.6 Å². The van der Waals surface area contributed by atoms with E-state index in [0.29, 0.717) is 30.8 Å². The van der Waals surface area contributed by atoms with E-state index in [4.69, 9.17) is 16.1 Å². The summed E-state index contributed by atoms with van der Waals surface area (Å²) < 4.78 is 55.8. The van der Waals surface area contributed by atoms with Gasteiger partial charge in [-0.15, -0.1) is 0 Å². The molecule has 2 rings (SSSR count). The molecule has 0 saturated carbocycles. The van der Waals surface area contributed by atoms with Crippen LogP contribution in [-0.4, -0.2) is 22.7 Å². The van der Waals surface area contributed by atoms with Crippen molar-refractivity contribution in [2.75, 3.05) is 18.1 Å². The van der Waals surface area contributed by atoms with E-state index in [1.165, 1.54) is 0 Å². The van der Waals surface area contributed by atoms with Crippen molar-refractivity contribution in [1.29, 1.82) is 0 Å². The third kappa shape index (κ3) is 5.43. The first-order chi connectivity index (χ1) is 12.2. The molecule has 10 heteroatoms. The van der Waals surface area contributed by atoms with Crippen molar-refractivity contribution in [2.45, 2.75) is 26.2 Å². The predicted octanol–water partition coefficient (Wildman–Crippen LogP) is 5.73. The standard InChI is InChI=1S/C16H18ClF3N3O2P/c1-3-25-26(24,4-2)10-11-5-7-12(8-6-11)22-15-21-9-13(14(17)23-15)16(18,19)20/h5-9H,3-4,10H2,1-2H3,(H,21,22,23). The molecule has 142 valence electrons. The molecule has 0 aliphatic carbocycles. The quantitative estimate of drug-likeness (QED) is 0.469. The highest BCUT2D eigenvalue weighted by Gasteiger charge is 2.34. The molecule has 0 radical (unpaired) electrons. The minimum Gasteiger partial charge on any atom is -0.329 e. The molecule has 1 aromatic heterocycles. The number of halogens is 4. The molecule has 0 fully saturated rings. The molecular weight excluding hydrogens is 390 g/mol. The molecule has 0 saturated heterocycles. The molecule has 5 nitrogen and oxygen atoms in total. The van der Waals surface area contributed by atoms with Gasteiger partial charge in [-0.3, -0.25) is 4.57 Å². The van der Waals surface area contributed by atoms with Gasteiger partial charge in [-0.1, -0.05) is 30.7 Å². The fourth-order valence-electron chi connectivity index (χ4n) is 2.20. The number of anilines is 2. The number of alkyl halides is 3. The van der Waals surface area contributed by atoms with Crippen LogP contribution in [0.1, 0.15) is 25.0 Å². The zero-order valence-electron chi connectivity index (χ0n) is 14.2. The van der Waals surface area contributed by atoms with Crippen molar-refractivity contribution in [3.63, 3.8) is 0 Å². The van der Waals surface area contributed by atoms with E-state index in [0.717, 1.165) is 5.56 Å². The van der Waals surface area contributed by atoms with Crippen LogP contribution in [0.25, 0.3) is 0 Å². The molecule has 0 aliphatic rings. The van der Waals surface area contributed by atoms with Gasteiger partial charge in [0.05, 0.1) is 6.61 Å². The first-order valence-electron chi connectivity index (χ1n) is 7.85. The average molecular weight is 408 g/mol.